The van der Waals surface area contributed by atoms with Gasteiger partial charge in [-0.05, 0) is 11.6 Å². The van der Waals surface area contributed by atoms with E-state index in [1.165, 1.54) is 7.11 Å². The fourth-order valence-corrected chi connectivity index (χ4v) is 0.157. The second kappa shape index (κ2) is 2.58. The molecule has 0 aliphatic rings. The molecular weight excluding hydrogens is 117 g/mol. The average molecular weight is 122 g/mol. The molecule has 0 radical (unpaired) electrons. The van der Waals surface area contributed by atoms with Crippen molar-refractivity contribution < 1.29 is 9.53 Å². The third-order valence-corrected chi connectivity index (χ3v) is 0.554. The number of nitrogens with one attached hydrogen (secondary N) is 1. The molecule has 0 aromatic carbocycles. The maximum Gasteiger partial charge on any atom is 0.306 e. The predicted molar refractivity (Wildman–Crippen MR) is 25.6 cm³/mol. The van der Waals surface area contributed by atoms with Crippen LogP contribution in [0.4, 0.5) is 0 Å². The Morgan fingerprint density at radius 2 is 2.29 bits per heavy atom. The second-order valence-corrected chi connectivity index (χ2v) is 1.15. The third-order valence-electron chi connectivity index (χ3n) is 0.383. The lowest BCUT2D eigenvalue weighted by Crippen LogP contribution is -2.06. The van der Waals surface area contributed by atoms with E-state index in [0.29, 0.717) is 0 Å². The number of hydrogen-bond acceptors (Lipinski definition) is 3. The summed E-state index contributed by atoms with van der Waals surface area (Å²) in [4.78, 5) is 9.79. The zero-order valence-electron chi connectivity index (χ0n) is 3.69. The molecule has 0 fully saturated rings. The fraction of sp³-hybridized carbons (Fsp3) is 0.333. The molecule has 4 heteroatoms. The van der Waals surface area contributed by atoms with Crippen LogP contribution in [0.3, 0.4) is 0 Å². The Bertz CT molecular complexity index is 101. The lowest BCUT2D eigenvalue weighted by atomic mass is 10.7. The summed E-state index contributed by atoms with van der Waals surface area (Å²) < 4.78 is 4.11. The molecule has 40 valence electrons. The van der Waals surface area contributed by atoms with Gasteiger partial charge >= 0.3 is 5.24 Å². The van der Waals surface area contributed by atoms with Gasteiger partial charge in [-0.1, -0.05) is 0 Å². The first kappa shape index (κ1) is 6.43. The van der Waals surface area contributed by atoms with Crippen LogP contribution in [-0.2, 0) is 9.53 Å². The summed E-state index contributed by atoms with van der Waals surface area (Å²) in [5, 5.41) is 5.62. The van der Waals surface area contributed by atoms with Crippen LogP contribution in [0.1, 0.15) is 0 Å². The number of carbonyl (C=O) groups is 1. The van der Waals surface area contributed by atoms with Crippen molar-refractivity contribution >= 4 is 22.7 Å². The van der Waals surface area contributed by atoms with Gasteiger partial charge in [-0.25, -0.2) is 0 Å². The van der Waals surface area contributed by atoms with E-state index >= 15 is 0 Å². The Morgan fingerprint density at radius 3 is 2.29 bits per heavy atom. The Balaban J connectivity index is 3.58. The number of ether oxygens (including phenoxy) is 1. The summed E-state index contributed by atoms with van der Waals surface area (Å²) in [6.07, 6.45) is 0. The molecule has 0 bridgehead atoms. The van der Waals surface area contributed by atoms with Gasteiger partial charge in [-0.3, -0.25) is 10.2 Å². The SMILES string of the molecule is COC(=N)C(=O)Cl. The highest BCUT2D eigenvalue weighted by molar-refractivity contribution is 6.80. The van der Waals surface area contributed by atoms with Crippen LogP contribution in [0.2, 0.25) is 0 Å². The Hall–Kier alpha value is -0.570. The van der Waals surface area contributed by atoms with E-state index in [9.17, 15) is 4.79 Å². The largest absolute Gasteiger partial charge is 0.478 e. The van der Waals surface area contributed by atoms with Crippen molar-refractivity contribution in [2.45, 2.75) is 0 Å². The Morgan fingerprint density at radius 1 is 1.86 bits per heavy atom. The van der Waals surface area contributed by atoms with Crippen LogP contribution in [0, 0.1) is 5.41 Å². The molecule has 0 unspecified atom stereocenters. The van der Waals surface area contributed by atoms with Crippen LogP contribution < -0.4 is 0 Å². The van der Waals surface area contributed by atoms with Crippen molar-refractivity contribution in [3.8, 4) is 0 Å². The molecule has 0 atom stereocenters. The smallest absolute Gasteiger partial charge is 0.306 e. The van der Waals surface area contributed by atoms with E-state index in [4.69, 9.17) is 17.0 Å². The van der Waals surface area contributed by atoms with Gasteiger partial charge in [-0.15, -0.1) is 0 Å². The van der Waals surface area contributed by atoms with Gasteiger partial charge in [0.1, 0.15) is 0 Å². The van der Waals surface area contributed by atoms with E-state index < -0.39 is 11.1 Å². The van der Waals surface area contributed by atoms with Gasteiger partial charge in [0.25, 0.3) is 5.90 Å². The van der Waals surface area contributed by atoms with Crippen molar-refractivity contribution in [3.63, 3.8) is 0 Å². The Labute approximate surface area is 45.7 Å². The van der Waals surface area contributed by atoms with Gasteiger partial charge in [-0.2, -0.15) is 0 Å². The molecule has 0 saturated heterocycles. The molecule has 0 aliphatic heterocycles. The lowest BCUT2D eigenvalue weighted by Gasteiger charge is -1.89. The zero-order valence-corrected chi connectivity index (χ0v) is 4.45. The molecule has 3 nitrogen and oxygen atoms in total. The van der Waals surface area contributed by atoms with Crippen LogP contribution in [0.15, 0.2) is 0 Å². The molecule has 0 aliphatic carbocycles. The summed E-state index contributed by atoms with van der Waals surface area (Å²) in [6, 6.07) is 0. The molecule has 0 aromatic heterocycles. The molecule has 0 heterocycles. The van der Waals surface area contributed by atoms with Crippen LogP contribution in [0.5, 0.6) is 0 Å². The number of halogens is 1. The van der Waals surface area contributed by atoms with E-state index in [2.05, 4.69) is 4.74 Å². The summed E-state index contributed by atoms with van der Waals surface area (Å²) in [5.74, 6) is -0.526. The maximum absolute atomic E-state index is 9.79. The molecule has 0 amide bonds. The summed E-state index contributed by atoms with van der Waals surface area (Å²) >= 11 is 4.74. The standard InChI is InChI=1S/C3H4ClNO2/c1-7-3(5)2(4)6/h5H,1H3. The predicted octanol–water partition coefficient (Wildman–Crippen LogP) is 0.375. The average Bonchev–Trinajstić information content (AvgIpc) is 1.65. The highest BCUT2D eigenvalue weighted by Gasteiger charge is 2.01. The minimum absolute atomic E-state index is 0.526. The lowest BCUT2D eigenvalue weighted by molar-refractivity contribution is -0.107. The zero-order chi connectivity index (χ0) is 5.86. The van der Waals surface area contributed by atoms with E-state index in [1.807, 2.05) is 0 Å². The quantitative estimate of drug-likeness (QED) is 0.310. The van der Waals surface area contributed by atoms with E-state index in [0.717, 1.165) is 0 Å². The number of hydrogen-bond donors (Lipinski definition) is 1. The first-order valence-electron chi connectivity index (χ1n) is 1.51. The van der Waals surface area contributed by atoms with Crippen LogP contribution in [0.25, 0.3) is 0 Å². The van der Waals surface area contributed by atoms with Crippen molar-refractivity contribution in [1.29, 1.82) is 5.41 Å². The first-order valence-corrected chi connectivity index (χ1v) is 1.88. The summed E-state index contributed by atoms with van der Waals surface area (Å²) in [6.45, 7) is 0. The normalized spacial score (nSPS) is 7.71. The van der Waals surface area contributed by atoms with Crippen molar-refractivity contribution in [3.05, 3.63) is 0 Å². The minimum atomic E-state index is -0.873. The van der Waals surface area contributed by atoms with E-state index in [1.54, 1.807) is 0 Å². The van der Waals surface area contributed by atoms with Crippen molar-refractivity contribution in [2.75, 3.05) is 7.11 Å². The molecule has 0 spiro atoms. The Kier molecular flexibility index (Phi) is 2.37. The first-order chi connectivity index (χ1) is 3.18. The molecule has 0 saturated carbocycles. The second-order valence-electron chi connectivity index (χ2n) is 0.807. The highest BCUT2D eigenvalue weighted by Crippen LogP contribution is 1.81. The third kappa shape index (κ3) is 2.17. The topological polar surface area (TPSA) is 50.1 Å². The van der Waals surface area contributed by atoms with Gasteiger partial charge in [0.05, 0.1) is 7.11 Å². The molecule has 1 N–H and O–H groups in total. The van der Waals surface area contributed by atoms with E-state index in [-0.39, 0.29) is 0 Å². The molecule has 7 heavy (non-hydrogen) atoms. The minimum Gasteiger partial charge on any atom is -0.478 e. The molecule has 0 rings (SSSR count). The number of methoxy groups -OCH3 is 1. The van der Waals surface area contributed by atoms with Gasteiger partial charge in [0.2, 0.25) is 0 Å². The molecular formula is C3H4ClNO2. The highest BCUT2D eigenvalue weighted by atomic mass is 35.5. The monoisotopic (exact) mass is 121 g/mol. The van der Waals surface area contributed by atoms with Crippen molar-refractivity contribution in [1.82, 2.24) is 0 Å². The maximum atomic E-state index is 9.79. The number of rotatable bonds is 1. The van der Waals surface area contributed by atoms with Crippen LogP contribution >= 0.6 is 11.6 Å². The molecule has 0 aromatic rings. The van der Waals surface area contributed by atoms with Gasteiger partial charge < -0.3 is 4.74 Å². The van der Waals surface area contributed by atoms with Gasteiger partial charge in [0, 0.05) is 0 Å². The van der Waals surface area contributed by atoms with Crippen molar-refractivity contribution in [2.24, 2.45) is 0 Å². The van der Waals surface area contributed by atoms with Crippen LogP contribution in [-0.4, -0.2) is 18.2 Å². The fourth-order valence-electron chi connectivity index (χ4n) is 0.0802. The van der Waals surface area contributed by atoms with Gasteiger partial charge in [0.15, 0.2) is 0 Å². The summed E-state index contributed by atoms with van der Waals surface area (Å²) in [7, 11) is 1.21. The number of carbonyl (C=O) groups excluding carboxylic acids is 1. The summed E-state index contributed by atoms with van der Waals surface area (Å²) in [5.41, 5.74) is 0.